The van der Waals surface area contributed by atoms with Crippen molar-refractivity contribution in [2.45, 2.75) is 26.2 Å². The van der Waals surface area contributed by atoms with Crippen LogP contribution in [0.2, 0.25) is 0 Å². The number of hydrogen-bond acceptors (Lipinski definition) is 5. The molecule has 1 aromatic carbocycles. The van der Waals surface area contributed by atoms with E-state index in [9.17, 15) is 4.79 Å². The summed E-state index contributed by atoms with van der Waals surface area (Å²) in [4.78, 5) is 11.8. The summed E-state index contributed by atoms with van der Waals surface area (Å²) >= 11 is 2.87. The zero-order valence-electron chi connectivity index (χ0n) is 13.6. The second kappa shape index (κ2) is 11.7. The minimum absolute atomic E-state index is 0.0941. The van der Waals surface area contributed by atoms with Crippen LogP contribution in [0.25, 0.3) is 0 Å². The fourth-order valence-electron chi connectivity index (χ4n) is 1.90. The van der Waals surface area contributed by atoms with Crippen LogP contribution in [0.4, 0.5) is 0 Å². The van der Waals surface area contributed by atoms with Crippen molar-refractivity contribution in [2.75, 3.05) is 32.2 Å². The third-order valence-corrected chi connectivity index (χ3v) is 5.03. The number of ether oxygens (including phenoxy) is 1. The van der Waals surface area contributed by atoms with Gasteiger partial charge in [-0.15, -0.1) is 0 Å². The maximum Gasteiger partial charge on any atom is 0.256 e. The Bertz CT molecular complexity index is 440. The molecule has 4 nitrogen and oxygen atoms in total. The van der Waals surface area contributed by atoms with Crippen LogP contribution in [0.3, 0.4) is 0 Å². The average Bonchev–Trinajstić information content (AvgIpc) is 2.53. The predicted molar refractivity (Wildman–Crippen MR) is 97.3 cm³/mol. The predicted octanol–water partition coefficient (Wildman–Crippen LogP) is 3.38. The number of nitrogens with zero attached hydrogens (tertiary/aromatic N) is 1. The standard InChI is InChI=1S/C16H26N2O2S2/c1-4-5-11-20-15-8-6-7-14(12-15)9-10-17-13-16(19)18(21-2)22-3/h6-8,12,17H,4-5,9-11,13H2,1-3H3. The summed E-state index contributed by atoms with van der Waals surface area (Å²) in [5, 5.41) is 3.20. The van der Waals surface area contributed by atoms with E-state index in [0.29, 0.717) is 6.54 Å². The highest BCUT2D eigenvalue weighted by Gasteiger charge is 2.10. The van der Waals surface area contributed by atoms with Gasteiger partial charge >= 0.3 is 0 Å². The first-order valence-corrected chi connectivity index (χ1v) is 9.91. The molecule has 124 valence electrons. The van der Waals surface area contributed by atoms with E-state index in [1.54, 1.807) is 3.71 Å². The van der Waals surface area contributed by atoms with E-state index in [4.69, 9.17) is 4.74 Å². The van der Waals surface area contributed by atoms with Crippen molar-refractivity contribution in [1.29, 1.82) is 0 Å². The van der Waals surface area contributed by atoms with Crippen molar-refractivity contribution in [3.63, 3.8) is 0 Å². The van der Waals surface area contributed by atoms with Crippen molar-refractivity contribution in [1.82, 2.24) is 9.03 Å². The molecule has 0 aliphatic carbocycles. The van der Waals surface area contributed by atoms with Crippen LogP contribution in [0.1, 0.15) is 25.3 Å². The second-order valence-corrected chi connectivity index (χ2v) is 6.48. The number of benzene rings is 1. The van der Waals surface area contributed by atoms with Gasteiger partial charge < -0.3 is 10.1 Å². The molecule has 0 saturated heterocycles. The SMILES string of the molecule is CCCCOc1cccc(CCNCC(=O)N(SC)SC)c1. The Morgan fingerprint density at radius 3 is 2.77 bits per heavy atom. The molecule has 0 spiro atoms. The Labute approximate surface area is 142 Å². The first kappa shape index (κ1) is 19.2. The first-order valence-electron chi connectivity index (χ1n) is 7.54. The Hall–Kier alpha value is -0.850. The molecule has 0 bridgehead atoms. The van der Waals surface area contributed by atoms with Crippen LogP contribution in [0.15, 0.2) is 24.3 Å². The van der Waals surface area contributed by atoms with Gasteiger partial charge in [-0.1, -0.05) is 25.5 Å². The molecule has 0 aliphatic rings. The summed E-state index contributed by atoms with van der Waals surface area (Å²) in [5.41, 5.74) is 1.22. The fraction of sp³-hybridized carbons (Fsp3) is 0.562. The summed E-state index contributed by atoms with van der Waals surface area (Å²) in [7, 11) is 0. The van der Waals surface area contributed by atoms with Crippen molar-refractivity contribution < 1.29 is 9.53 Å². The molecule has 0 saturated carbocycles. The highest BCUT2D eigenvalue weighted by molar-refractivity contribution is 8.12. The Morgan fingerprint density at radius 2 is 2.09 bits per heavy atom. The molecule has 0 atom stereocenters. The molecule has 1 amide bonds. The van der Waals surface area contributed by atoms with Crippen LogP contribution in [0, 0.1) is 0 Å². The van der Waals surface area contributed by atoms with E-state index >= 15 is 0 Å². The molecule has 1 aromatic rings. The Balaban J connectivity index is 2.30. The Kier molecular flexibility index (Phi) is 10.2. The van der Waals surface area contributed by atoms with E-state index in [1.807, 2.05) is 24.6 Å². The van der Waals surface area contributed by atoms with Crippen molar-refractivity contribution in [3.05, 3.63) is 29.8 Å². The average molecular weight is 343 g/mol. The number of nitrogens with one attached hydrogen (secondary N) is 1. The summed E-state index contributed by atoms with van der Waals surface area (Å²) < 4.78 is 7.38. The van der Waals surface area contributed by atoms with E-state index in [-0.39, 0.29) is 5.91 Å². The van der Waals surface area contributed by atoms with Gasteiger partial charge in [0.2, 0.25) is 0 Å². The van der Waals surface area contributed by atoms with Gasteiger partial charge in [0.1, 0.15) is 5.75 Å². The molecule has 1 rings (SSSR count). The number of rotatable bonds is 11. The number of carbonyl (C=O) groups excluding carboxylic acids is 1. The molecular formula is C16H26N2O2S2. The lowest BCUT2D eigenvalue weighted by Gasteiger charge is -2.15. The van der Waals surface area contributed by atoms with Crippen molar-refractivity contribution >= 4 is 29.8 Å². The molecule has 0 fully saturated rings. The van der Waals surface area contributed by atoms with E-state index in [1.165, 1.54) is 29.5 Å². The molecule has 6 heteroatoms. The quantitative estimate of drug-likeness (QED) is 0.493. The summed E-state index contributed by atoms with van der Waals surface area (Å²) in [6.07, 6.45) is 6.91. The van der Waals surface area contributed by atoms with Gasteiger partial charge in [-0.05, 0) is 61.0 Å². The molecule has 0 unspecified atom stereocenters. The highest BCUT2D eigenvalue weighted by Crippen LogP contribution is 2.16. The maximum absolute atomic E-state index is 11.8. The van der Waals surface area contributed by atoms with E-state index < -0.39 is 0 Å². The third kappa shape index (κ3) is 7.42. The molecular weight excluding hydrogens is 316 g/mol. The summed E-state index contributed by atoms with van der Waals surface area (Å²) in [5.74, 6) is 1.02. The van der Waals surface area contributed by atoms with Crippen LogP contribution >= 0.6 is 23.9 Å². The lowest BCUT2D eigenvalue weighted by atomic mass is 10.1. The smallest absolute Gasteiger partial charge is 0.256 e. The highest BCUT2D eigenvalue weighted by atomic mass is 32.2. The lowest BCUT2D eigenvalue weighted by Crippen LogP contribution is -2.31. The van der Waals surface area contributed by atoms with Crippen LogP contribution in [-0.4, -0.2) is 41.8 Å². The molecule has 0 heterocycles. The van der Waals surface area contributed by atoms with Gasteiger partial charge in [0.05, 0.1) is 13.2 Å². The zero-order chi connectivity index (χ0) is 16.2. The van der Waals surface area contributed by atoms with E-state index in [0.717, 1.165) is 38.2 Å². The largest absolute Gasteiger partial charge is 0.494 e. The van der Waals surface area contributed by atoms with Gasteiger partial charge in [-0.25, -0.2) is 3.71 Å². The van der Waals surface area contributed by atoms with Gasteiger partial charge in [-0.3, -0.25) is 4.79 Å². The monoisotopic (exact) mass is 342 g/mol. The topological polar surface area (TPSA) is 41.6 Å². The second-order valence-electron chi connectivity index (χ2n) is 4.79. The van der Waals surface area contributed by atoms with Crippen LogP contribution < -0.4 is 10.1 Å². The van der Waals surface area contributed by atoms with Gasteiger partial charge in [-0.2, -0.15) is 0 Å². The van der Waals surface area contributed by atoms with E-state index in [2.05, 4.69) is 24.4 Å². The summed E-state index contributed by atoms with van der Waals surface area (Å²) in [6.45, 7) is 4.07. The number of unbranched alkanes of at least 4 members (excludes halogenated alkanes) is 1. The fourth-order valence-corrected chi connectivity index (χ4v) is 3.03. The normalized spacial score (nSPS) is 10.5. The summed E-state index contributed by atoms with van der Waals surface area (Å²) in [6, 6.07) is 8.18. The first-order chi connectivity index (χ1) is 10.7. The van der Waals surface area contributed by atoms with Gasteiger partial charge in [0.15, 0.2) is 0 Å². The minimum Gasteiger partial charge on any atom is -0.494 e. The maximum atomic E-state index is 11.8. The lowest BCUT2D eigenvalue weighted by molar-refractivity contribution is -0.121. The zero-order valence-corrected chi connectivity index (χ0v) is 15.3. The van der Waals surface area contributed by atoms with Gasteiger partial charge in [0.25, 0.3) is 5.91 Å². The molecule has 0 aliphatic heterocycles. The molecule has 1 N–H and O–H groups in total. The minimum atomic E-state index is 0.0941. The molecule has 0 radical (unpaired) electrons. The molecule has 22 heavy (non-hydrogen) atoms. The van der Waals surface area contributed by atoms with Crippen molar-refractivity contribution in [2.24, 2.45) is 0 Å². The molecule has 0 aromatic heterocycles. The third-order valence-electron chi connectivity index (χ3n) is 3.07. The number of hydrogen-bond donors (Lipinski definition) is 1. The Morgan fingerprint density at radius 1 is 1.32 bits per heavy atom. The number of carbonyl (C=O) groups is 1. The van der Waals surface area contributed by atoms with Gasteiger partial charge in [0, 0.05) is 12.5 Å². The number of amides is 1. The van der Waals surface area contributed by atoms with Crippen LogP contribution in [0.5, 0.6) is 5.75 Å². The van der Waals surface area contributed by atoms with Crippen LogP contribution in [-0.2, 0) is 11.2 Å². The van der Waals surface area contributed by atoms with Crippen molar-refractivity contribution in [3.8, 4) is 5.75 Å².